The lowest BCUT2D eigenvalue weighted by Gasteiger charge is -2.10. The van der Waals surface area contributed by atoms with Crippen LogP contribution in [-0.2, 0) is 6.42 Å². The van der Waals surface area contributed by atoms with Crippen LogP contribution in [0.2, 0.25) is 0 Å². The van der Waals surface area contributed by atoms with E-state index in [1.54, 1.807) is 0 Å². The average molecular weight is 223 g/mol. The fourth-order valence-electron chi connectivity index (χ4n) is 2.38. The Balaban J connectivity index is 2.21. The topological polar surface area (TPSA) is 9.23 Å². The number of hydrogen-bond acceptors (Lipinski definition) is 1. The van der Waals surface area contributed by atoms with Gasteiger partial charge in [0, 0.05) is 12.0 Å². The van der Waals surface area contributed by atoms with Crippen molar-refractivity contribution in [2.24, 2.45) is 0 Å². The summed E-state index contributed by atoms with van der Waals surface area (Å²) in [5, 5.41) is 0. The molecule has 1 radical (unpaired) electrons. The largest absolute Gasteiger partial charge is 0.485 e. The fraction of sp³-hybridized carbons (Fsp3) is 0.188. The molecule has 0 atom stereocenters. The number of ether oxygens (including phenoxy) is 1. The van der Waals surface area contributed by atoms with Crippen LogP contribution in [0.4, 0.5) is 0 Å². The van der Waals surface area contributed by atoms with Crippen LogP contribution in [0.3, 0.4) is 0 Å². The molecule has 2 aromatic rings. The van der Waals surface area contributed by atoms with Crippen molar-refractivity contribution < 1.29 is 4.74 Å². The van der Waals surface area contributed by atoms with Gasteiger partial charge in [0.2, 0.25) is 0 Å². The van der Waals surface area contributed by atoms with Crippen LogP contribution >= 0.6 is 0 Å². The molecular weight excluding hydrogens is 208 g/mol. The Labute approximate surface area is 102 Å². The van der Waals surface area contributed by atoms with E-state index in [1.165, 1.54) is 27.8 Å². The van der Waals surface area contributed by atoms with Gasteiger partial charge in [-0.1, -0.05) is 35.9 Å². The van der Waals surface area contributed by atoms with Gasteiger partial charge in [-0.05, 0) is 36.6 Å². The number of hydrogen-bond donors (Lipinski definition) is 0. The Kier molecular flexibility index (Phi) is 2.40. The first-order valence-electron chi connectivity index (χ1n) is 5.93. The summed E-state index contributed by atoms with van der Waals surface area (Å²) < 4.78 is 5.65. The normalized spacial score (nSPS) is 13.3. The third kappa shape index (κ3) is 1.82. The quantitative estimate of drug-likeness (QED) is 0.708. The Morgan fingerprint density at radius 2 is 1.88 bits per heavy atom. The minimum absolute atomic E-state index is 0.913. The molecule has 0 aromatic heterocycles. The van der Waals surface area contributed by atoms with Crippen LogP contribution in [0.5, 0.6) is 5.75 Å². The van der Waals surface area contributed by atoms with Crippen LogP contribution in [0, 0.1) is 20.5 Å². The number of aryl methyl sites for hydroxylation is 2. The van der Waals surface area contributed by atoms with Crippen LogP contribution in [0.25, 0.3) is 11.1 Å². The molecule has 0 unspecified atom stereocenters. The van der Waals surface area contributed by atoms with E-state index in [2.05, 4.69) is 50.2 Å². The maximum absolute atomic E-state index is 5.65. The molecule has 1 heteroatoms. The minimum Gasteiger partial charge on any atom is -0.485 e. The fourth-order valence-corrected chi connectivity index (χ4v) is 2.38. The van der Waals surface area contributed by atoms with E-state index in [0.717, 1.165) is 12.2 Å². The van der Waals surface area contributed by atoms with Gasteiger partial charge in [-0.2, -0.15) is 0 Å². The van der Waals surface area contributed by atoms with E-state index >= 15 is 0 Å². The molecule has 0 fully saturated rings. The Hall–Kier alpha value is -1.76. The maximum Gasteiger partial charge on any atom is 0.140 e. The molecule has 0 amide bonds. The molecule has 17 heavy (non-hydrogen) atoms. The molecule has 1 aliphatic rings. The van der Waals surface area contributed by atoms with E-state index in [-0.39, 0.29) is 0 Å². The molecule has 0 spiro atoms. The van der Waals surface area contributed by atoms with Crippen molar-refractivity contribution >= 4 is 0 Å². The molecule has 0 aliphatic carbocycles. The van der Waals surface area contributed by atoms with Gasteiger partial charge in [0.25, 0.3) is 0 Å². The van der Waals surface area contributed by atoms with Crippen LogP contribution in [-0.4, -0.2) is 0 Å². The third-order valence-corrected chi connectivity index (χ3v) is 3.14. The SMILES string of the molecule is Cc1cccc(-c2cc(C)cc3c2O[CH]C3)c1. The summed E-state index contributed by atoms with van der Waals surface area (Å²) >= 11 is 0. The van der Waals surface area contributed by atoms with Crippen molar-refractivity contribution in [3.8, 4) is 16.9 Å². The van der Waals surface area contributed by atoms with Gasteiger partial charge in [-0.3, -0.25) is 0 Å². The zero-order chi connectivity index (χ0) is 11.8. The zero-order valence-corrected chi connectivity index (χ0v) is 10.2. The molecule has 0 N–H and O–H groups in total. The lowest BCUT2D eigenvalue weighted by molar-refractivity contribution is 0.436. The monoisotopic (exact) mass is 223 g/mol. The van der Waals surface area contributed by atoms with Gasteiger partial charge in [0.05, 0.1) is 0 Å². The number of rotatable bonds is 1. The van der Waals surface area contributed by atoms with E-state index in [9.17, 15) is 0 Å². The summed E-state index contributed by atoms with van der Waals surface area (Å²) in [6.07, 6.45) is 0.913. The first-order chi connectivity index (χ1) is 8.24. The maximum atomic E-state index is 5.65. The standard InChI is InChI=1S/C16H15O/c1-11-4-3-5-13(8-11)15-10-12(2)9-14-6-7-17-16(14)15/h3-5,7-10H,6H2,1-2H3. The van der Waals surface area contributed by atoms with Crippen molar-refractivity contribution in [2.75, 3.05) is 0 Å². The molecule has 3 rings (SSSR count). The van der Waals surface area contributed by atoms with Crippen LogP contribution in [0.1, 0.15) is 16.7 Å². The molecule has 1 heterocycles. The van der Waals surface area contributed by atoms with E-state index in [1.807, 2.05) is 6.61 Å². The average Bonchev–Trinajstić information content (AvgIpc) is 2.75. The lowest BCUT2D eigenvalue weighted by Crippen LogP contribution is -1.87. The molecule has 0 bridgehead atoms. The minimum atomic E-state index is 0.913. The van der Waals surface area contributed by atoms with Crippen LogP contribution < -0.4 is 4.74 Å². The number of fused-ring (bicyclic) bond motifs is 1. The second-order valence-corrected chi connectivity index (χ2v) is 4.66. The molecule has 85 valence electrons. The smallest absolute Gasteiger partial charge is 0.140 e. The van der Waals surface area contributed by atoms with Gasteiger partial charge in [-0.25, -0.2) is 0 Å². The molecule has 1 aliphatic heterocycles. The Morgan fingerprint density at radius 1 is 1.00 bits per heavy atom. The molecule has 1 nitrogen and oxygen atoms in total. The van der Waals surface area contributed by atoms with Gasteiger partial charge in [0.15, 0.2) is 0 Å². The predicted molar refractivity (Wildman–Crippen MR) is 70.0 cm³/mol. The number of benzene rings is 2. The summed E-state index contributed by atoms with van der Waals surface area (Å²) in [5.41, 5.74) is 6.30. The van der Waals surface area contributed by atoms with E-state index in [0.29, 0.717) is 0 Å². The highest BCUT2D eigenvalue weighted by atomic mass is 16.5. The highest BCUT2D eigenvalue weighted by molar-refractivity contribution is 5.74. The van der Waals surface area contributed by atoms with Crippen molar-refractivity contribution in [2.45, 2.75) is 20.3 Å². The van der Waals surface area contributed by atoms with Gasteiger partial charge in [0.1, 0.15) is 12.4 Å². The van der Waals surface area contributed by atoms with Gasteiger partial charge in [-0.15, -0.1) is 0 Å². The summed E-state index contributed by atoms with van der Waals surface area (Å²) in [6.45, 7) is 6.13. The van der Waals surface area contributed by atoms with Gasteiger partial charge >= 0.3 is 0 Å². The van der Waals surface area contributed by atoms with Crippen molar-refractivity contribution in [1.29, 1.82) is 0 Å². The highest BCUT2D eigenvalue weighted by Crippen LogP contribution is 2.39. The van der Waals surface area contributed by atoms with E-state index < -0.39 is 0 Å². The van der Waals surface area contributed by atoms with Gasteiger partial charge < -0.3 is 4.74 Å². The molecule has 0 saturated carbocycles. The summed E-state index contributed by atoms with van der Waals surface area (Å²) in [7, 11) is 0. The summed E-state index contributed by atoms with van der Waals surface area (Å²) in [6, 6.07) is 13.0. The first kappa shape index (κ1) is 10.4. The molecule has 0 saturated heterocycles. The second kappa shape index (κ2) is 3.92. The molecular formula is C16H15O. The summed E-state index contributed by atoms with van der Waals surface area (Å²) in [4.78, 5) is 0. The van der Waals surface area contributed by atoms with Crippen LogP contribution in [0.15, 0.2) is 36.4 Å². The Bertz CT molecular complexity index is 570. The Morgan fingerprint density at radius 3 is 2.71 bits per heavy atom. The highest BCUT2D eigenvalue weighted by Gasteiger charge is 2.18. The van der Waals surface area contributed by atoms with E-state index in [4.69, 9.17) is 4.74 Å². The zero-order valence-electron chi connectivity index (χ0n) is 10.2. The molecule has 2 aromatic carbocycles. The van der Waals surface area contributed by atoms with Crippen molar-refractivity contribution in [1.82, 2.24) is 0 Å². The predicted octanol–water partition coefficient (Wildman–Crippen LogP) is 4.07. The van der Waals surface area contributed by atoms with Crippen molar-refractivity contribution in [3.05, 3.63) is 59.7 Å². The third-order valence-electron chi connectivity index (χ3n) is 3.14. The first-order valence-corrected chi connectivity index (χ1v) is 5.93. The summed E-state index contributed by atoms with van der Waals surface area (Å²) in [5.74, 6) is 1.03. The lowest BCUT2D eigenvalue weighted by atomic mass is 9.97. The van der Waals surface area contributed by atoms with Crippen molar-refractivity contribution in [3.63, 3.8) is 0 Å². The second-order valence-electron chi connectivity index (χ2n) is 4.66.